The van der Waals surface area contributed by atoms with E-state index in [1.807, 2.05) is 62.3 Å². The Morgan fingerprint density at radius 3 is 0.961 bits per heavy atom. The fourth-order valence-corrected chi connectivity index (χ4v) is 4.71. The summed E-state index contributed by atoms with van der Waals surface area (Å²) in [5.41, 5.74) is -6.55. The second kappa shape index (κ2) is 34.3. The number of amides is 3. The van der Waals surface area contributed by atoms with Crippen LogP contribution in [0.25, 0.3) is 0 Å². The van der Waals surface area contributed by atoms with Gasteiger partial charge in [0.05, 0.1) is 51.1 Å². The maximum Gasteiger partial charge on any atom is 0.311 e. The average Bonchev–Trinajstić information content (AvgIpc) is 3.25. The van der Waals surface area contributed by atoms with Crippen LogP contribution >= 0.6 is 0 Å². The summed E-state index contributed by atoms with van der Waals surface area (Å²) < 4.78 is 38.0. The van der Waals surface area contributed by atoms with Gasteiger partial charge in [-0.2, -0.15) is 0 Å². The van der Waals surface area contributed by atoms with Gasteiger partial charge in [0.1, 0.15) is 45.1 Å². The molecule has 0 fully saturated rings. The first-order valence-electron chi connectivity index (χ1n) is 26.4. The van der Waals surface area contributed by atoms with Crippen LogP contribution in [-0.2, 0) is 76.3 Å². The molecule has 0 aromatic carbocycles. The average molecular weight is 1100 g/mol. The number of carbonyl (C=O) groups is 9. The third-order valence-electron chi connectivity index (χ3n) is 10.0. The van der Waals surface area contributed by atoms with Crippen molar-refractivity contribution in [2.24, 2.45) is 61.1 Å². The number of hydrogen-bond acceptors (Lipinski definition) is 16. The van der Waals surface area contributed by atoms with Crippen LogP contribution in [0.1, 0.15) is 187 Å². The molecule has 19 nitrogen and oxygen atoms in total. The van der Waals surface area contributed by atoms with E-state index in [1.54, 1.807) is 111 Å². The minimum absolute atomic E-state index is 0. The van der Waals surface area contributed by atoms with Gasteiger partial charge in [-0.15, -0.1) is 0 Å². The largest absolute Gasteiger partial charge is 0.465 e. The predicted molar refractivity (Wildman–Crippen MR) is 299 cm³/mol. The molecule has 19 heteroatoms. The van der Waals surface area contributed by atoms with Crippen LogP contribution < -0.4 is 16.0 Å². The van der Waals surface area contributed by atoms with Crippen LogP contribution in [0.2, 0.25) is 0 Å². The van der Waals surface area contributed by atoms with Gasteiger partial charge in [0, 0.05) is 26.1 Å². The molecule has 0 unspecified atom stereocenters. The number of ether oxygens (including phenoxy) is 7. The molecule has 3 N–H and O–H groups in total. The van der Waals surface area contributed by atoms with Gasteiger partial charge >= 0.3 is 35.8 Å². The van der Waals surface area contributed by atoms with Gasteiger partial charge in [-0.1, -0.05) is 49.0 Å². The molecular weight excluding hydrogens is 995 g/mol. The summed E-state index contributed by atoms with van der Waals surface area (Å²) >= 11 is 0. The molecule has 3 amide bonds. The zero-order chi connectivity index (χ0) is 60.5. The lowest BCUT2D eigenvalue weighted by Gasteiger charge is -2.34. The molecule has 452 valence electrons. The van der Waals surface area contributed by atoms with Gasteiger partial charge in [0.2, 0.25) is 17.7 Å². The van der Waals surface area contributed by atoms with Crippen molar-refractivity contribution in [1.82, 2.24) is 16.0 Å². The fraction of sp³-hybridized carbons (Fsp3) is 0.845. The van der Waals surface area contributed by atoms with Crippen LogP contribution in [-0.4, -0.2) is 126 Å². The normalized spacial score (nSPS) is 12.3. The van der Waals surface area contributed by atoms with Crippen LogP contribution in [0, 0.1) is 61.1 Å². The highest BCUT2D eigenvalue weighted by atomic mass is 16.6. The smallest absolute Gasteiger partial charge is 0.311 e. The second-order valence-electron chi connectivity index (χ2n) is 27.3. The summed E-state index contributed by atoms with van der Waals surface area (Å²) in [6.45, 7) is 44.9. The highest BCUT2D eigenvalue weighted by Crippen LogP contribution is 2.28. The SMILES string of the molecule is C.CC(C)CNC(=O)C(C)(COC(=O)C(C)(C)C)COC(=O)C(C)(C)C.CC(C)CNC(=O)CCNC(=O)COCC(COC(=O)C(C)(C)C)(COC(=O)C(C)(C)C)COC(=O)C(C)(C)C.CC(C)COC(=O)C(C)(C)C. The van der Waals surface area contributed by atoms with Gasteiger partial charge in [-0.25, -0.2) is 0 Å². The summed E-state index contributed by atoms with van der Waals surface area (Å²) in [5.74, 6) is -2.36. The number of esters is 6. The molecule has 77 heavy (non-hydrogen) atoms. The lowest BCUT2D eigenvalue weighted by Crippen LogP contribution is -2.48. The van der Waals surface area contributed by atoms with E-state index in [0.29, 0.717) is 31.5 Å². The summed E-state index contributed by atoms with van der Waals surface area (Å²) in [4.78, 5) is 110. The third-order valence-corrected chi connectivity index (χ3v) is 10.0. The van der Waals surface area contributed by atoms with E-state index >= 15 is 0 Å². The van der Waals surface area contributed by atoms with E-state index in [-0.39, 0.29) is 95.8 Å². The Hall–Kier alpha value is -4.81. The first kappa shape index (κ1) is 78.7. The van der Waals surface area contributed by atoms with Gasteiger partial charge in [-0.05, 0) is 149 Å². The molecule has 0 aromatic heterocycles. The first-order valence-corrected chi connectivity index (χ1v) is 26.4. The molecule has 0 bridgehead atoms. The number of hydrogen-bond donors (Lipinski definition) is 3. The monoisotopic (exact) mass is 1100 g/mol. The highest BCUT2D eigenvalue weighted by molar-refractivity contribution is 5.84. The fourth-order valence-electron chi connectivity index (χ4n) is 4.71. The topological polar surface area (TPSA) is 254 Å². The lowest BCUT2D eigenvalue weighted by molar-refractivity contribution is -0.178. The van der Waals surface area contributed by atoms with E-state index in [9.17, 15) is 43.2 Å². The van der Waals surface area contributed by atoms with Crippen molar-refractivity contribution in [3.63, 3.8) is 0 Å². The molecule has 0 atom stereocenters. The van der Waals surface area contributed by atoms with E-state index in [0.717, 1.165) is 0 Å². The van der Waals surface area contributed by atoms with Crippen molar-refractivity contribution in [2.75, 3.05) is 72.5 Å². The zero-order valence-corrected chi connectivity index (χ0v) is 51.7. The highest BCUT2D eigenvalue weighted by Gasteiger charge is 2.41. The number of carbonyl (C=O) groups excluding carboxylic acids is 9. The molecule has 0 aromatic rings. The standard InChI is InChI=1S/C29H52N2O9.C19H35NO5.C9H18O2.CH4/c1-20(2)14-31-21(32)12-13-30-22(33)15-37-16-29(17-38-23(34)26(3,4)5,18-39-24(35)27(6,7)8)19-40-25(36)28(9,10)11;1-13(2)10-20-14(21)19(9,11-24-15(22)17(3,4)5)12-25-16(23)18(6,7)8;1-7(2)6-11-8(10)9(3,4)5;/h20H,12-19H2,1-11H3,(H,30,33)(H,31,32);13H,10-12H2,1-9H3,(H,20,21);7H,6H2,1-5H3;1H4. The van der Waals surface area contributed by atoms with Crippen LogP contribution in [0.15, 0.2) is 0 Å². The second-order valence-corrected chi connectivity index (χ2v) is 27.3. The van der Waals surface area contributed by atoms with Crippen LogP contribution in [0.5, 0.6) is 0 Å². The Balaban J connectivity index is -0.000000608. The van der Waals surface area contributed by atoms with E-state index in [2.05, 4.69) is 16.0 Å². The Bertz CT molecular complexity index is 1740. The van der Waals surface area contributed by atoms with Crippen LogP contribution in [0.4, 0.5) is 0 Å². The van der Waals surface area contributed by atoms with Crippen molar-refractivity contribution >= 4 is 53.5 Å². The van der Waals surface area contributed by atoms with Crippen molar-refractivity contribution in [3.8, 4) is 0 Å². The molecule has 0 radical (unpaired) electrons. The van der Waals surface area contributed by atoms with Crippen molar-refractivity contribution in [1.29, 1.82) is 0 Å². The van der Waals surface area contributed by atoms with Crippen LogP contribution in [0.3, 0.4) is 0 Å². The molecule has 0 heterocycles. The quantitative estimate of drug-likeness (QED) is 0.0603. The minimum Gasteiger partial charge on any atom is -0.465 e. The Morgan fingerprint density at radius 1 is 0.364 bits per heavy atom. The van der Waals surface area contributed by atoms with Gasteiger partial charge in [-0.3, -0.25) is 43.2 Å². The maximum atomic E-state index is 12.6. The third kappa shape index (κ3) is 37.6. The Kier molecular flexibility index (Phi) is 35.0. The van der Waals surface area contributed by atoms with E-state index in [1.165, 1.54) is 0 Å². The summed E-state index contributed by atoms with van der Waals surface area (Å²) in [6, 6.07) is 0. The lowest BCUT2D eigenvalue weighted by atomic mass is 9.90. The van der Waals surface area contributed by atoms with Crippen molar-refractivity contribution < 1.29 is 76.3 Å². The van der Waals surface area contributed by atoms with Gasteiger partial charge in [0.25, 0.3) is 0 Å². The number of rotatable bonds is 24. The van der Waals surface area contributed by atoms with Crippen molar-refractivity contribution in [3.05, 3.63) is 0 Å². The molecule has 0 aliphatic carbocycles. The van der Waals surface area contributed by atoms with E-state index < -0.39 is 73.7 Å². The molecule has 0 aliphatic heterocycles. The Labute approximate surface area is 464 Å². The number of nitrogens with one attached hydrogen (secondary N) is 3. The predicted octanol–water partition coefficient (Wildman–Crippen LogP) is 8.85. The van der Waals surface area contributed by atoms with Gasteiger partial charge in [0.15, 0.2) is 0 Å². The summed E-state index contributed by atoms with van der Waals surface area (Å²) in [6.07, 6.45) is 0.122. The van der Waals surface area contributed by atoms with Crippen molar-refractivity contribution in [2.45, 2.75) is 187 Å². The molecule has 0 spiro atoms. The molecule has 0 aliphatic rings. The maximum absolute atomic E-state index is 12.6. The zero-order valence-electron chi connectivity index (χ0n) is 51.7. The summed E-state index contributed by atoms with van der Waals surface area (Å²) in [5, 5.41) is 8.22. The first-order chi connectivity index (χ1) is 34.0. The molecule has 0 saturated heterocycles. The molecule has 0 rings (SSSR count). The molecule has 0 saturated carbocycles. The van der Waals surface area contributed by atoms with E-state index in [4.69, 9.17) is 33.2 Å². The van der Waals surface area contributed by atoms with Gasteiger partial charge < -0.3 is 49.1 Å². The summed E-state index contributed by atoms with van der Waals surface area (Å²) in [7, 11) is 0. The Morgan fingerprint density at radius 2 is 0.662 bits per heavy atom. The molecular formula is C58H109N3O16. The minimum atomic E-state index is -1.28.